The van der Waals surface area contributed by atoms with E-state index < -0.39 is 5.60 Å². The predicted octanol–water partition coefficient (Wildman–Crippen LogP) is 1.99. The van der Waals surface area contributed by atoms with Crippen molar-refractivity contribution >= 4 is 5.78 Å². The SMILES string of the molecule is O=C1CCCCC1C1(O)C=CC=CC1. The zero-order chi connectivity index (χ0) is 10.0. The van der Waals surface area contributed by atoms with Gasteiger partial charge in [-0.2, -0.15) is 0 Å². The zero-order valence-electron chi connectivity index (χ0n) is 8.28. The van der Waals surface area contributed by atoms with Gasteiger partial charge in [-0.25, -0.2) is 0 Å². The summed E-state index contributed by atoms with van der Waals surface area (Å²) in [6, 6.07) is 0. The molecule has 0 saturated heterocycles. The topological polar surface area (TPSA) is 37.3 Å². The van der Waals surface area contributed by atoms with Crippen LogP contribution in [-0.4, -0.2) is 16.5 Å². The fraction of sp³-hybridized carbons (Fsp3) is 0.583. The molecule has 1 N–H and O–H groups in total. The zero-order valence-corrected chi connectivity index (χ0v) is 8.28. The first kappa shape index (κ1) is 9.66. The molecule has 2 atom stereocenters. The number of aliphatic hydroxyl groups is 1. The third-order valence-corrected chi connectivity index (χ3v) is 3.23. The van der Waals surface area contributed by atoms with Crippen LogP contribution in [0.25, 0.3) is 0 Å². The van der Waals surface area contributed by atoms with Crippen LogP contribution in [0.4, 0.5) is 0 Å². The third-order valence-electron chi connectivity index (χ3n) is 3.23. The molecule has 1 saturated carbocycles. The molecule has 1 fully saturated rings. The van der Waals surface area contributed by atoms with Crippen LogP contribution in [0.3, 0.4) is 0 Å². The maximum absolute atomic E-state index is 11.7. The maximum atomic E-state index is 11.7. The highest BCUT2D eigenvalue weighted by molar-refractivity contribution is 5.83. The fourth-order valence-corrected chi connectivity index (χ4v) is 2.40. The molecular weight excluding hydrogens is 176 g/mol. The Balaban J connectivity index is 2.16. The van der Waals surface area contributed by atoms with Gasteiger partial charge in [0.15, 0.2) is 0 Å². The van der Waals surface area contributed by atoms with Crippen LogP contribution in [-0.2, 0) is 4.79 Å². The van der Waals surface area contributed by atoms with E-state index in [9.17, 15) is 9.90 Å². The molecule has 0 aromatic rings. The average Bonchev–Trinajstić information content (AvgIpc) is 2.19. The summed E-state index contributed by atoms with van der Waals surface area (Å²) in [7, 11) is 0. The minimum absolute atomic E-state index is 0.169. The molecule has 0 amide bonds. The van der Waals surface area contributed by atoms with E-state index in [1.54, 1.807) is 6.08 Å². The number of carbonyl (C=O) groups excluding carboxylic acids is 1. The molecule has 0 radical (unpaired) electrons. The molecule has 2 aliphatic carbocycles. The Morgan fingerprint density at radius 2 is 2.21 bits per heavy atom. The number of hydrogen-bond donors (Lipinski definition) is 1. The number of Topliss-reactive ketones (excluding diaryl/α,β-unsaturated/α-hetero) is 1. The van der Waals surface area contributed by atoms with Crippen LogP contribution in [0.2, 0.25) is 0 Å². The minimum atomic E-state index is -0.897. The van der Waals surface area contributed by atoms with Crippen molar-refractivity contribution in [3.8, 4) is 0 Å². The van der Waals surface area contributed by atoms with Crippen LogP contribution in [0, 0.1) is 5.92 Å². The molecule has 2 aliphatic rings. The lowest BCUT2D eigenvalue weighted by molar-refractivity contribution is -0.131. The second-order valence-corrected chi connectivity index (χ2v) is 4.25. The van der Waals surface area contributed by atoms with Crippen molar-refractivity contribution in [3.05, 3.63) is 24.3 Å². The smallest absolute Gasteiger partial charge is 0.139 e. The molecule has 0 aromatic carbocycles. The Morgan fingerprint density at radius 3 is 2.86 bits per heavy atom. The Labute approximate surface area is 84.3 Å². The highest BCUT2D eigenvalue weighted by atomic mass is 16.3. The summed E-state index contributed by atoms with van der Waals surface area (Å²) in [4.78, 5) is 11.7. The lowest BCUT2D eigenvalue weighted by atomic mass is 9.73. The molecule has 2 heteroatoms. The van der Waals surface area contributed by atoms with Gasteiger partial charge in [0.1, 0.15) is 5.78 Å². The van der Waals surface area contributed by atoms with Crippen LogP contribution in [0.15, 0.2) is 24.3 Å². The Bertz CT molecular complexity index is 291. The second kappa shape index (κ2) is 3.70. The van der Waals surface area contributed by atoms with Crippen LogP contribution >= 0.6 is 0 Å². The largest absolute Gasteiger partial charge is 0.385 e. The van der Waals surface area contributed by atoms with Crippen molar-refractivity contribution in [2.45, 2.75) is 37.7 Å². The summed E-state index contributed by atoms with van der Waals surface area (Å²) in [6.45, 7) is 0. The molecular formula is C12H16O2. The van der Waals surface area contributed by atoms with Crippen molar-refractivity contribution in [2.24, 2.45) is 5.92 Å². The van der Waals surface area contributed by atoms with E-state index in [4.69, 9.17) is 0 Å². The van der Waals surface area contributed by atoms with Gasteiger partial charge in [0.25, 0.3) is 0 Å². The van der Waals surface area contributed by atoms with Crippen LogP contribution < -0.4 is 0 Å². The van der Waals surface area contributed by atoms with Gasteiger partial charge in [-0.1, -0.05) is 30.7 Å². The van der Waals surface area contributed by atoms with Gasteiger partial charge in [-0.3, -0.25) is 4.79 Å². The summed E-state index contributed by atoms with van der Waals surface area (Å²) in [6.07, 6.45) is 11.6. The summed E-state index contributed by atoms with van der Waals surface area (Å²) >= 11 is 0. The first-order valence-corrected chi connectivity index (χ1v) is 5.32. The van der Waals surface area contributed by atoms with Gasteiger partial charge in [0, 0.05) is 6.42 Å². The average molecular weight is 192 g/mol. The fourth-order valence-electron chi connectivity index (χ4n) is 2.40. The van der Waals surface area contributed by atoms with Gasteiger partial charge in [-0.05, 0) is 19.3 Å². The molecule has 0 spiro atoms. The number of rotatable bonds is 1. The van der Waals surface area contributed by atoms with E-state index in [0.29, 0.717) is 12.8 Å². The molecule has 0 aliphatic heterocycles. The summed E-state index contributed by atoms with van der Waals surface area (Å²) in [5, 5.41) is 10.3. The van der Waals surface area contributed by atoms with Crippen LogP contribution in [0.5, 0.6) is 0 Å². The molecule has 2 nitrogen and oxygen atoms in total. The van der Waals surface area contributed by atoms with Crippen LogP contribution in [0.1, 0.15) is 32.1 Å². The van der Waals surface area contributed by atoms with Crippen molar-refractivity contribution in [1.29, 1.82) is 0 Å². The van der Waals surface area contributed by atoms with Crippen molar-refractivity contribution < 1.29 is 9.90 Å². The van der Waals surface area contributed by atoms with Gasteiger partial charge in [-0.15, -0.1) is 0 Å². The summed E-state index contributed by atoms with van der Waals surface area (Å²) < 4.78 is 0. The summed E-state index contributed by atoms with van der Waals surface area (Å²) in [5.74, 6) is 0.0659. The quantitative estimate of drug-likeness (QED) is 0.690. The lowest BCUT2D eigenvalue weighted by Gasteiger charge is -2.35. The van der Waals surface area contributed by atoms with E-state index >= 15 is 0 Å². The molecule has 0 heterocycles. The number of allylic oxidation sites excluding steroid dienone is 2. The molecule has 76 valence electrons. The summed E-state index contributed by atoms with van der Waals surface area (Å²) in [5.41, 5.74) is -0.897. The molecule has 2 rings (SSSR count). The van der Waals surface area contributed by atoms with Crippen molar-refractivity contribution in [3.63, 3.8) is 0 Å². The monoisotopic (exact) mass is 192 g/mol. The number of carbonyl (C=O) groups is 1. The Hall–Kier alpha value is -0.890. The maximum Gasteiger partial charge on any atom is 0.139 e. The Morgan fingerprint density at radius 1 is 1.36 bits per heavy atom. The highest BCUT2D eigenvalue weighted by Crippen LogP contribution is 2.35. The predicted molar refractivity (Wildman–Crippen MR) is 54.8 cm³/mol. The van der Waals surface area contributed by atoms with Crippen molar-refractivity contribution in [1.82, 2.24) is 0 Å². The van der Waals surface area contributed by atoms with Gasteiger partial charge < -0.3 is 5.11 Å². The minimum Gasteiger partial charge on any atom is -0.385 e. The van der Waals surface area contributed by atoms with Gasteiger partial charge in [0.2, 0.25) is 0 Å². The number of hydrogen-bond acceptors (Lipinski definition) is 2. The van der Waals surface area contributed by atoms with E-state index in [1.165, 1.54) is 0 Å². The third kappa shape index (κ3) is 1.67. The second-order valence-electron chi connectivity index (χ2n) is 4.25. The van der Waals surface area contributed by atoms with E-state index in [-0.39, 0.29) is 11.7 Å². The first-order valence-electron chi connectivity index (χ1n) is 5.32. The van der Waals surface area contributed by atoms with E-state index in [1.807, 2.05) is 18.2 Å². The standard InChI is InChI=1S/C12H16O2/c13-11-7-3-2-6-10(11)12(14)8-4-1-5-9-12/h1,4-5,8,10,14H,2-3,6-7,9H2. The number of ketones is 1. The molecule has 2 unspecified atom stereocenters. The van der Waals surface area contributed by atoms with E-state index in [2.05, 4.69) is 0 Å². The lowest BCUT2D eigenvalue weighted by Crippen LogP contribution is -2.42. The van der Waals surface area contributed by atoms with Crippen molar-refractivity contribution in [2.75, 3.05) is 0 Å². The van der Waals surface area contributed by atoms with E-state index in [0.717, 1.165) is 19.3 Å². The van der Waals surface area contributed by atoms with Gasteiger partial charge >= 0.3 is 0 Å². The molecule has 0 aromatic heterocycles. The Kier molecular flexibility index (Phi) is 2.55. The normalized spacial score (nSPS) is 37.5. The first-order chi connectivity index (χ1) is 6.72. The molecule has 0 bridgehead atoms. The highest BCUT2D eigenvalue weighted by Gasteiger charge is 2.39. The van der Waals surface area contributed by atoms with Gasteiger partial charge in [0.05, 0.1) is 11.5 Å². The molecule has 14 heavy (non-hydrogen) atoms.